The minimum absolute atomic E-state index is 0.263. The molecule has 2 aromatic rings. The predicted octanol–water partition coefficient (Wildman–Crippen LogP) is 3.58. The Morgan fingerprint density at radius 1 is 0.880 bits per heavy atom. The van der Waals surface area contributed by atoms with Crippen LogP contribution in [0.5, 0.6) is 0 Å². The molecule has 1 saturated carbocycles. The van der Waals surface area contributed by atoms with E-state index in [1.54, 1.807) is 0 Å². The monoisotopic (exact) mass is 334 g/mol. The zero-order valence-corrected chi connectivity index (χ0v) is 14.8. The smallest absolute Gasteiger partial charge is 0.226 e. The molecule has 130 valence electrons. The molecule has 1 amide bonds. The van der Waals surface area contributed by atoms with Crippen LogP contribution in [-0.4, -0.2) is 41.9 Å². The maximum atomic E-state index is 12.5. The second-order valence-corrected chi connectivity index (χ2v) is 7.40. The van der Waals surface area contributed by atoms with Crippen molar-refractivity contribution in [2.24, 2.45) is 11.8 Å². The molecule has 2 aromatic carbocycles. The van der Waals surface area contributed by atoms with E-state index in [1.807, 2.05) is 0 Å². The summed E-state index contributed by atoms with van der Waals surface area (Å²) < 4.78 is 0. The highest BCUT2D eigenvalue weighted by atomic mass is 16.2. The summed E-state index contributed by atoms with van der Waals surface area (Å²) >= 11 is 0. The predicted molar refractivity (Wildman–Crippen MR) is 100 cm³/mol. The largest absolute Gasteiger partial charge is 0.340 e. The summed E-state index contributed by atoms with van der Waals surface area (Å²) in [5, 5.41) is 0. The van der Waals surface area contributed by atoms with Gasteiger partial charge in [0.25, 0.3) is 0 Å². The minimum Gasteiger partial charge on any atom is -0.340 e. The van der Waals surface area contributed by atoms with E-state index >= 15 is 0 Å². The van der Waals surface area contributed by atoms with Crippen LogP contribution in [0.3, 0.4) is 0 Å². The lowest BCUT2D eigenvalue weighted by Crippen LogP contribution is -2.50. The molecule has 25 heavy (non-hydrogen) atoms. The highest BCUT2D eigenvalue weighted by Gasteiger charge is 2.42. The van der Waals surface area contributed by atoms with Gasteiger partial charge in [-0.2, -0.15) is 0 Å². The average Bonchev–Trinajstić information content (AvgIpc) is 3.40. The Kier molecular flexibility index (Phi) is 4.58. The van der Waals surface area contributed by atoms with Gasteiger partial charge < -0.3 is 4.90 Å². The minimum atomic E-state index is 0.263. The van der Waals surface area contributed by atoms with Crippen LogP contribution < -0.4 is 0 Å². The van der Waals surface area contributed by atoms with Crippen molar-refractivity contribution in [3.05, 3.63) is 71.8 Å². The first kappa shape index (κ1) is 16.3. The van der Waals surface area contributed by atoms with Crippen molar-refractivity contribution in [3.63, 3.8) is 0 Å². The van der Waals surface area contributed by atoms with Gasteiger partial charge in [0.15, 0.2) is 0 Å². The molecule has 3 heteroatoms. The maximum absolute atomic E-state index is 12.5. The third-order valence-electron chi connectivity index (χ3n) is 5.65. The highest BCUT2D eigenvalue weighted by molar-refractivity contribution is 5.81. The number of hydrogen-bond donors (Lipinski definition) is 0. The molecule has 0 spiro atoms. The lowest BCUT2D eigenvalue weighted by Gasteiger charge is -2.40. The first-order chi connectivity index (χ1) is 12.2. The van der Waals surface area contributed by atoms with Crippen molar-refractivity contribution >= 4 is 5.91 Å². The molecule has 1 saturated heterocycles. The molecule has 2 fully saturated rings. The van der Waals surface area contributed by atoms with E-state index in [9.17, 15) is 4.79 Å². The molecule has 4 rings (SSSR count). The SMILES string of the molecule is C[C@H]1C[C@@H]1C(=O)N1CCN(C(c2ccccc2)c2ccccc2)CC1. The van der Waals surface area contributed by atoms with E-state index < -0.39 is 0 Å². The van der Waals surface area contributed by atoms with Gasteiger partial charge in [-0.25, -0.2) is 0 Å². The Hall–Kier alpha value is -2.13. The zero-order chi connectivity index (χ0) is 17.2. The fourth-order valence-electron chi connectivity index (χ4n) is 3.99. The van der Waals surface area contributed by atoms with Gasteiger partial charge in [-0.3, -0.25) is 9.69 Å². The summed E-state index contributed by atoms with van der Waals surface area (Å²) in [4.78, 5) is 17.1. The van der Waals surface area contributed by atoms with Crippen LogP contribution in [0, 0.1) is 11.8 Å². The second kappa shape index (κ2) is 7.01. The van der Waals surface area contributed by atoms with Crippen molar-refractivity contribution in [1.82, 2.24) is 9.80 Å². The Labute approximate surface area is 150 Å². The van der Waals surface area contributed by atoms with Crippen LogP contribution in [0.4, 0.5) is 0 Å². The van der Waals surface area contributed by atoms with Crippen LogP contribution >= 0.6 is 0 Å². The highest BCUT2D eigenvalue weighted by Crippen LogP contribution is 2.39. The second-order valence-electron chi connectivity index (χ2n) is 7.40. The summed E-state index contributed by atoms with van der Waals surface area (Å²) in [6, 6.07) is 21.7. The molecule has 0 bridgehead atoms. The van der Waals surface area contributed by atoms with E-state index in [4.69, 9.17) is 0 Å². The number of benzene rings is 2. The molecule has 0 radical (unpaired) electrons. The summed E-state index contributed by atoms with van der Waals surface area (Å²) in [6.45, 7) is 5.73. The molecule has 2 aliphatic rings. The van der Waals surface area contributed by atoms with Crippen LogP contribution in [0.1, 0.15) is 30.5 Å². The van der Waals surface area contributed by atoms with Crippen molar-refractivity contribution in [2.75, 3.05) is 26.2 Å². The van der Waals surface area contributed by atoms with E-state index in [0.29, 0.717) is 17.7 Å². The van der Waals surface area contributed by atoms with Crippen LogP contribution in [0.25, 0.3) is 0 Å². The van der Waals surface area contributed by atoms with E-state index in [2.05, 4.69) is 77.4 Å². The summed E-state index contributed by atoms with van der Waals surface area (Å²) in [5.41, 5.74) is 2.65. The molecular formula is C22H26N2O. The first-order valence-electron chi connectivity index (χ1n) is 9.37. The van der Waals surface area contributed by atoms with E-state index in [0.717, 1.165) is 32.6 Å². The van der Waals surface area contributed by atoms with Gasteiger partial charge in [0.2, 0.25) is 5.91 Å². The summed E-state index contributed by atoms with van der Waals surface area (Å²) in [5.74, 6) is 1.26. The third kappa shape index (κ3) is 3.47. The standard InChI is InChI=1S/C22H26N2O/c1-17-16-20(17)22(25)24-14-12-23(13-15-24)21(18-8-4-2-5-9-18)19-10-6-3-7-11-19/h2-11,17,20-21H,12-16H2,1H3/t17-,20-/m0/s1. The fraction of sp³-hybridized carbons (Fsp3) is 0.409. The van der Waals surface area contributed by atoms with Crippen LogP contribution in [0.15, 0.2) is 60.7 Å². The molecule has 1 aliphatic heterocycles. The lowest BCUT2D eigenvalue weighted by molar-refractivity contribution is -0.134. The molecule has 2 atom stereocenters. The maximum Gasteiger partial charge on any atom is 0.226 e. The number of hydrogen-bond acceptors (Lipinski definition) is 2. The van der Waals surface area contributed by atoms with Crippen LogP contribution in [-0.2, 0) is 4.79 Å². The van der Waals surface area contributed by atoms with Gasteiger partial charge in [0, 0.05) is 32.1 Å². The van der Waals surface area contributed by atoms with Crippen LogP contribution in [0.2, 0.25) is 0 Å². The molecule has 0 N–H and O–H groups in total. The molecule has 3 nitrogen and oxygen atoms in total. The number of rotatable bonds is 4. The number of amides is 1. The first-order valence-corrected chi connectivity index (χ1v) is 9.37. The topological polar surface area (TPSA) is 23.6 Å². The molecular weight excluding hydrogens is 308 g/mol. The van der Waals surface area contributed by atoms with Crippen molar-refractivity contribution < 1.29 is 4.79 Å². The molecule has 1 aliphatic carbocycles. The summed E-state index contributed by atoms with van der Waals surface area (Å²) in [7, 11) is 0. The van der Waals surface area contributed by atoms with Gasteiger partial charge in [-0.1, -0.05) is 67.6 Å². The fourth-order valence-corrected chi connectivity index (χ4v) is 3.99. The van der Waals surface area contributed by atoms with Gasteiger partial charge in [0.1, 0.15) is 0 Å². The van der Waals surface area contributed by atoms with Crippen molar-refractivity contribution in [2.45, 2.75) is 19.4 Å². The molecule has 0 aromatic heterocycles. The molecule has 1 heterocycles. The van der Waals surface area contributed by atoms with Crippen molar-refractivity contribution in [3.8, 4) is 0 Å². The third-order valence-corrected chi connectivity index (χ3v) is 5.65. The number of piperazine rings is 1. The Morgan fingerprint density at radius 3 is 1.80 bits per heavy atom. The molecule has 0 unspecified atom stereocenters. The Balaban J connectivity index is 1.50. The van der Waals surface area contributed by atoms with Gasteiger partial charge in [0.05, 0.1) is 6.04 Å². The van der Waals surface area contributed by atoms with E-state index in [-0.39, 0.29) is 6.04 Å². The van der Waals surface area contributed by atoms with Gasteiger partial charge in [-0.15, -0.1) is 0 Å². The number of nitrogens with zero attached hydrogens (tertiary/aromatic N) is 2. The number of carbonyl (C=O) groups is 1. The van der Waals surface area contributed by atoms with Gasteiger partial charge in [-0.05, 0) is 23.5 Å². The Morgan fingerprint density at radius 2 is 1.36 bits per heavy atom. The average molecular weight is 334 g/mol. The summed E-state index contributed by atoms with van der Waals surface area (Å²) in [6.07, 6.45) is 1.08. The normalized spacial score (nSPS) is 23.7. The van der Waals surface area contributed by atoms with Crippen molar-refractivity contribution in [1.29, 1.82) is 0 Å². The zero-order valence-electron chi connectivity index (χ0n) is 14.8. The quantitative estimate of drug-likeness (QED) is 0.853. The lowest BCUT2D eigenvalue weighted by atomic mass is 9.96. The Bertz CT molecular complexity index is 668. The van der Waals surface area contributed by atoms with E-state index in [1.165, 1.54) is 11.1 Å². The van der Waals surface area contributed by atoms with Gasteiger partial charge >= 0.3 is 0 Å². The number of carbonyl (C=O) groups excluding carboxylic acids is 1.